The van der Waals surface area contributed by atoms with Crippen LogP contribution in [0.25, 0.3) is 0 Å². The molecule has 5 nitrogen and oxygen atoms in total. The van der Waals surface area contributed by atoms with Gasteiger partial charge in [0.2, 0.25) is 0 Å². The molecular weight excluding hydrogens is 374 g/mol. The number of carbonyl (C=O) groups excluding carboxylic acids is 1. The van der Waals surface area contributed by atoms with Gasteiger partial charge in [0.25, 0.3) is 5.91 Å². The highest BCUT2D eigenvalue weighted by atomic mass is 16.5. The number of aliphatic imine (C=N–C) groups is 1. The van der Waals surface area contributed by atoms with E-state index in [1.807, 2.05) is 65.6 Å². The van der Waals surface area contributed by atoms with Crippen molar-refractivity contribution in [2.75, 3.05) is 26.2 Å². The molecule has 1 amide bonds. The standard InChI is InChI=1S/C25H23N3O2/c1-18-11-12-22-20(17-18)24(26-21-9-5-6-10-23(21)30-22)27-13-15-28(16-14-27)25(29)19-7-3-2-4-8-19/h2-12,17H,13-16H2,1H3. The lowest BCUT2D eigenvalue weighted by atomic mass is 10.1. The summed E-state index contributed by atoms with van der Waals surface area (Å²) in [6.07, 6.45) is 0. The molecule has 0 bridgehead atoms. The number of nitrogens with zero attached hydrogens (tertiary/aromatic N) is 3. The van der Waals surface area contributed by atoms with Crippen LogP contribution < -0.4 is 4.74 Å². The molecule has 0 spiro atoms. The maximum Gasteiger partial charge on any atom is 0.253 e. The summed E-state index contributed by atoms with van der Waals surface area (Å²) in [6, 6.07) is 23.5. The summed E-state index contributed by atoms with van der Waals surface area (Å²) in [5, 5.41) is 0. The van der Waals surface area contributed by atoms with E-state index in [-0.39, 0.29) is 5.91 Å². The number of aryl methyl sites for hydroxylation is 1. The van der Waals surface area contributed by atoms with Gasteiger partial charge in [-0.25, -0.2) is 4.99 Å². The predicted molar refractivity (Wildman–Crippen MR) is 118 cm³/mol. The minimum absolute atomic E-state index is 0.0861. The molecule has 150 valence electrons. The molecule has 30 heavy (non-hydrogen) atoms. The van der Waals surface area contributed by atoms with E-state index in [1.54, 1.807) is 0 Å². The van der Waals surface area contributed by atoms with E-state index in [1.165, 1.54) is 0 Å². The first-order valence-electron chi connectivity index (χ1n) is 10.2. The second-order valence-electron chi connectivity index (χ2n) is 7.65. The highest BCUT2D eigenvalue weighted by Gasteiger charge is 2.27. The normalized spacial score (nSPS) is 15.4. The number of piperazine rings is 1. The molecule has 2 aliphatic heterocycles. The van der Waals surface area contributed by atoms with Gasteiger partial charge in [0.15, 0.2) is 5.75 Å². The van der Waals surface area contributed by atoms with Gasteiger partial charge in [-0.15, -0.1) is 0 Å². The summed E-state index contributed by atoms with van der Waals surface area (Å²) in [5.74, 6) is 2.57. The molecule has 3 aromatic carbocycles. The smallest absolute Gasteiger partial charge is 0.253 e. The van der Waals surface area contributed by atoms with Crippen molar-refractivity contribution in [3.63, 3.8) is 0 Å². The SMILES string of the molecule is Cc1ccc2c(c1)C(N1CCN(C(=O)c3ccccc3)CC1)=Nc1ccccc1O2. The van der Waals surface area contributed by atoms with Gasteiger partial charge < -0.3 is 14.5 Å². The van der Waals surface area contributed by atoms with Gasteiger partial charge in [-0.3, -0.25) is 4.79 Å². The largest absolute Gasteiger partial charge is 0.454 e. The van der Waals surface area contributed by atoms with Crippen LogP contribution in [0.2, 0.25) is 0 Å². The molecule has 3 aromatic rings. The summed E-state index contributed by atoms with van der Waals surface area (Å²) >= 11 is 0. The third-order valence-electron chi connectivity index (χ3n) is 5.57. The summed E-state index contributed by atoms with van der Waals surface area (Å²) < 4.78 is 6.19. The van der Waals surface area contributed by atoms with E-state index in [4.69, 9.17) is 9.73 Å². The van der Waals surface area contributed by atoms with Gasteiger partial charge in [-0.2, -0.15) is 0 Å². The van der Waals surface area contributed by atoms with Crippen LogP contribution >= 0.6 is 0 Å². The fraction of sp³-hybridized carbons (Fsp3) is 0.200. The van der Waals surface area contributed by atoms with E-state index >= 15 is 0 Å². The van der Waals surface area contributed by atoms with Crippen molar-refractivity contribution in [1.29, 1.82) is 0 Å². The second kappa shape index (κ2) is 7.67. The summed E-state index contributed by atoms with van der Waals surface area (Å²) in [7, 11) is 0. The third kappa shape index (κ3) is 3.43. The van der Waals surface area contributed by atoms with Gasteiger partial charge >= 0.3 is 0 Å². The molecule has 5 rings (SSSR count). The zero-order valence-corrected chi connectivity index (χ0v) is 16.9. The average molecular weight is 397 g/mol. The van der Waals surface area contributed by atoms with Crippen LogP contribution in [0.1, 0.15) is 21.5 Å². The molecule has 1 fully saturated rings. The number of amidine groups is 1. The van der Waals surface area contributed by atoms with Crippen molar-refractivity contribution in [3.05, 3.63) is 89.5 Å². The molecule has 0 radical (unpaired) electrons. The maximum absolute atomic E-state index is 12.8. The van der Waals surface area contributed by atoms with Gasteiger partial charge in [-0.05, 0) is 43.3 Å². The van der Waals surface area contributed by atoms with E-state index in [0.29, 0.717) is 13.1 Å². The number of rotatable bonds is 1. The fourth-order valence-corrected chi connectivity index (χ4v) is 3.96. The minimum atomic E-state index is 0.0861. The van der Waals surface area contributed by atoms with Crippen LogP contribution in [-0.2, 0) is 0 Å². The third-order valence-corrected chi connectivity index (χ3v) is 5.57. The Morgan fingerprint density at radius 1 is 0.867 bits per heavy atom. The Balaban J connectivity index is 1.43. The highest BCUT2D eigenvalue weighted by Crippen LogP contribution is 2.38. The quantitative estimate of drug-likeness (QED) is 0.601. The number of ether oxygens (including phenoxy) is 1. The molecule has 1 saturated heterocycles. The van der Waals surface area contributed by atoms with Crippen molar-refractivity contribution in [1.82, 2.24) is 9.80 Å². The molecule has 0 aliphatic carbocycles. The molecule has 5 heteroatoms. The summed E-state index contributed by atoms with van der Waals surface area (Å²) in [4.78, 5) is 22.0. The predicted octanol–water partition coefficient (Wildman–Crippen LogP) is 4.64. The van der Waals surface area contributed by atoms with Crippen LogP contribution in [0.5, 0.6) is 11.5 Å². The molecular formula is C25H23N3O2. The maximum atomic E-state index is 12.8. The van der Waals surface area contributed by atoms with E-state index in [2.05, 4.69) is 24.0 Å². The lowest BCUT2D eigenvalue weighted by molar-refractivity contribution is 0.0692. The Labute approximate surface area is 176 Å². The first-order valence-corrected chi connectivity index (χ1v) is 10.2. The lowest BCUT2D eigenvalue weighted by Crippen LogP contribution is -2.50. The number of hydrogen-bond donors (Lipinski definition) is 0. The van der Waals surface area contributed by atoms with Crippen LogP contribution in [0.15, 0.2) is 77.8 Å². The zero-order valence-electron chi connectivity index (χ0n) is 16.9. The zero-order chi connectivity index (χ0) is 20.5. The monoisotopic (exact) mass is 397 g/mol. The first-order chi connectivity index (χ1) is 14.7. The molecule has 0 unspecified atom stereocenters. The van der Waals surface area contributed by atoms with Gasteiger partial charge in [0.05, 0.1) is 5.56 Å². The number of amides is 1. The summed E-state index contributed by atoms with van der Waals surface area (Å²) in [5.41, 5.74) is 3.72. The molecule has 0 N–H and O–H groups in total. The average Bonchev–Trinajstić information content (AvgIpc) is 2.96. The number of para-hydroxylation sites is 2. The van der Waals surface area contributed by atoms with Crippen molar-refractivity contribution in [2.45, 2.75) is 6.92 Å². The van der Waals surface area contributed by atoms with Crippen LogP contribution in [0.4, 0.5) is 5.69 Å². The highest BCUT2D eigenvalue weighted by molar-refractivity contribution is 6.04. The van der Waals surface area contributed by atoms with Gasteiger partial charge in [-0.1, -0.05) is 42.0 Å². The van der Waals surface area contributed by atoms with E-state index in [9.17, 15) is 4.79 Å². The van der Waals surface area contributed by atoms with Crippen molar-refractivity contribution in [2.24, 2.45) is 4.99 Å². The second-order valence-corrected chi connectivity index (χ2v) is 7.65. The molecule has 0 atom stereocenters. The Bertz CT molecular complexity index is 1120. The lowest BCUT2D eigenvalue weighted by Gasteiger charge is -2.36. The van der Waals surface area contributed by atoms with Crippen molar-refractivity contribution >= 4 is 17.4 Å². The number of carbonyl (C=O) groups is 1. The minimum Gasteiger partial charge on any atom is -0.454 e. The molecule has 0 aromatic heterocycles. The van der Waals surface area contributed by atoms with Crippen LogP contribution in [0, 0.1) is 6.92 Å². The Hall–Kier alpha value is -3.60. The van der Waals surface area contributed by atoms with Gasteiger partial charge in [0, 0.05) is 31.7 Å². The van der Waals surface area contributed by atoms with E-state index in [0.717, 1.165) is 52.8 Å². The van der Waals surface area contributed by atoms with Crippen LogP contribution in [0.3, 0.4) is 0 Å². The first kappa shape index (κ1) is 18.4. The summed E-state index contributed by atoms with van der Waals surface area (Å²) in [6.45, 7) is 4.86. The number of fused-ring (bicyclic) bond motifs is 2. The topological polar surface area (TPSA) is 45.1 Å². The molecule has 0 saturated carbocycles. The number of hydrogen-bond acceptors (Lipinski definition) is 4. The van der Waals surface area contributed by atoms with Crippen LogP contribution in [-0.4, -0.2) is 47.7 Å². The van der Waals surface area contributed by atoms with Crippen molar-refractivity contribution in [3.8, 4) is 11.5 Å². The van der Waals surface area contributed by atoms with Crippen molar-refractivity contribution < 1.29 is 9.53 Å². The molecule has 2 heterocycles. The Kier molecular flexibility index (Phi) is 4.71. The van der Waals surface area contributed by atoms with Gasteiger partial charge in [0.1, 0.15) is 17.3 Å². The Morgan fingerprint density at radius 3 is 2.40 bits per heavy atom. The molecule has 2 aliphatic rings. The number of benzene rings is 3. The fourth-order valence-electron chi connectivity index (χ4n) is 3.96. The Morgan fingerprint density at radius 2 is 1.60 bits per heavy atom. The van der Waals surface area contributed by atoms with E-state index < -0.39 is 0 Å².